The second-order valence-corrected chi connectivity index (χ2v) is 20.6. The van der Waals surface area contributed by atoms with Crippen molar-refractivity contribution in [3.8, 4) is 0 Å². The summed E-state index contributed by atoms with van der Waals surface area (Å²) in [7, 11) is 0. The molecule has 6 heteroatoms. The maximum atomic E-state index is 12.9. The highest BCUT2D eigenvalue weighted by molar-refractivity contribution is 5.71. The van der Waals surface area contributed by atoms with E-state index < -0.39 is 6.10 Å². The van der Waals surface area contributed by atoms with Gasteiger partial charge in [-0.15, -0.1) is 0 Å². The van der Waals surface area contributed by atoms with E-state index in [9.17, 15) is 14.4 Å². The number of allylic oxidation sites excluding steroid dienone is 6. The zero-order chi connectivity index (χ0) is 50.0. The summed E-state index contributed by atoms with van der Waals surface area (Å²) >= 11 is 0. The summed E-state index contributed by atoms with van der Waals surface area (Å²) in [6.07, 6.45) is 69.9. The lowest BCUT2D eigenvalue weighted by atomic mass is 10.0. The Morgan fingerprint density at radius 1 is 0.290 bits per heavy atom. The first-order valence-electron chi connectivity index (χ1n) is 30.5. The van der Waals surface area contributed by atoms with Crippen LogP contribution in [0.4, 0.5) is 0 Å². The van der Waals surface area contributed by atoms with Gasteiger partial charge < -0.3 is 14.2 Å². The quantitative estimate of drug-likeness (QED) is 0.0261. The molecule has 69 heavy (non-hydrogen) atoms. The van der Waals surface area contributed by atoms with Gasteiger partial charge in [0, 0.05) is 19.3 Å². The summed E-state index contributed by atoms with van der Waals surface area (Å²) in [4.78, 5) is 38.2. The molecule has 0 saturated heterocycles. The van der Waals surface area contributed by atoms with Gasteiger partial charge in [-0.05, 0) is 77.0 Å². The molecule has 0 aromatic heterocycles. The molecule has 0 aliphatic heterocycles. The summed E-state index contributed by atoms with van der Waals surface area (Å²) in [5.41, 5.74) is 0. The summed E-state index contributed by atoms with van der Waals surface area (Å²) in [6.45, 7) is 6.65. The fourth-order valence-corrected chi connectivity index (χ4v) is 9.00. The van der Waals surface area contributed by atoms with E-state index in [2.05, 4.69) is 57.2 Å². The zero-order valence-electron chi connectivity index (χ0n) is 46.3. The van der Waals surface area contributed by atoms with Crippen LogP contribution in [0.5, 0.6) is 0 Å². The van der Waals surface area contributed by atoms with Crippen molar-refractivity contribution in [1.82, 2.24) is 0 Å². The first kappa shape index (κ1) is 66.6. The molecular formula is C63H116O6. The summed E-state index contributed by atoms with van der Waals surface area (Å²) in [6, 6.07) is 0. The van der Waals surface area contributed by atoms with Gasteiger partial charge in [0.05, 0.1) is 0 Å². The average molecular weight is 970 g/mol. The Bertz CT molecular complexity index is 1160. The highest BCUT2D eigenvalue weighted by Gasteiger charge is 2.19. The molecule has 0 aliphatic carbocycles. The van der Waals surface area contributed by atoms with Crippen molar-refractivity contribution in [3.05, 3.63) is 36.5 Å². The first-order valence-corrected chi connectivity index (χ1v) is 30.5. The molecule has 0 bridgehead atoms. The van der Waals surface area contributed by atoms with E-state index >= 15 is 0 Å². The van der Waals surface area contributed by atoms with Gasteiger partial charge in [-0.3, -0.25) is 14.4 Å². The lowest BCUT2D eigenvalue weighted by Crippen LogP contribution is -2.30. The number of ether oxygens (including phenoxy) is 3. The summed E-state index contributed by atoms with van der Waals surface area (Å²) < 4.78 is 16.9. The largest absolute Gasteiger partial charge is 0.462 e. The van der Waals surface area contributed by atoms with Crippen LogP contribution >= 0.6 is 0 Å². The molecule has 0 heterocycles. The molecule has 0 spiro atoms. The van der Waals surface area contributed by atoms with Crippen molar-refractivity contribution in [2.24, 2.45) is 0 Å². The van der Waals surface area contributed by atoms with E-state index in [1.165, 1.54) is 218 Å². The van der Waals surface area contributed by atoms with Crippen molar-refractivity contribution in [1.29, 1.82) is 0 Å². The van der Waals surface area contributed by atoms with Crippen LogP contribution in [0.2, 0.25) is 0 Å². The number of carbonyl (C=O) groups is 3. The molecule has 0 amide bonds. The first-order chi connectivity index (χ1) is 34.0. The monoisotopic (exact) mass is 969 g/mol. The Kier molecular flexibility index (Phi) is 56.2. The molecule has 0 aromatic carbocycles. The van der Waals surface area contributed by atoms with E-state index in [1.54, 1.807) is 0 Å². The average Bonchev–Trinajstić information content (AvgIpc) is 3.35. The molecule has 0 unspecified atom stereocenters. The van der Waals surface area contributed by atoms with Gasteiger partial charge >= 0.3 is 17.9 Å². The van der Waals surface area contributed by atoms with Crippen molar-refractivity contribution in [3.63, 3.8) is 0 Å². The minimum atomic E-state index is -0.775. The van der Waals surface area contributed by atoms with Crippen LogP contribution < -0.4 is 0 Å². The predicted molar refractivity (Wildman–Crippen MR) is 298 cm³/mol. The van der Waals surface area contributed by atoms with Crippen molar-refractivity contribution in [2.45, 2.75) is 335 Å². The van der Waals surface area contributed by atoms with Gasteiger partial charge in [-0.1, -0.05) is 269 Å². The molecule has 1 atom stereocenters. The fraction of sp³-hybridized carbons (Fsp3) is 0.857. The third-order valence-electron chi connectivity index (χ3n) is 13.6. The van der Waals surface area contributed by atoms with E-state index in [1.807, 2.05) is 0 Å². The van der Waals surface area contributed by atoms with E-state index in [0.717, 1.165) is 70.6 Å². The molecular weight excluding hydrogens is 853 g/mol. The van der Waals surface area contributed by atoms with Gasteiger partial charge in [0.1, 0.15) is 13.2 Å². The highest BCUT2D eigenvalue weighted by atomic mass is 16.6. The van der Waals surface area contributed by atoms with Gasteiger partial charge in [0.15, 0.2) is 6.10 Å². The fourth-order valence-electron chi connectivity index (χ4n) is 9.00. The zero-order valence-corrected chi connectivity index (χ0v) is 46.3. The van der Waals surface area contributed by atoms with Crippen LogP contribution in [0.15, 0.2) is 36.5 Å². The minimum Gasteiger partial charge on any atom is -0.462 e. The van der Waals surface area contributed by atoms with Gasteiger partial charge in [-0.2, -0.15) is 0 Å². The van der Waals surface area contributed by atoms with E-state index in [-0.39, 0.29) is 31.1 Å². The number of carbonyl (C=O) groups excluding carboxylic acids is 3. The SMILES string of the molecule is CCCCC/C=C\C/C=C\CCCCCCCCCC(=O)OC[C@H](COC(=O)CCCCCCCCC/C=C\CCCCCCCC)OC(=O)CCCCCCCCCCCCCCCCCCC. The van der Waals surface area contributed by atoms with Crippen LogP contribution in [0, 0.1) is 0 Å². The second kappa shape index (κ2) is 58.2. The number of esters is 3. The summed E-state index contributed by atoms with van der Waals surface area (Å²) in [5, 5.41) is 0. The number of hydrogen-bond donors (Lipinski definition) is 0. The third kappa shape index (κ3) is 56.4. The summed E-state index contributed by atoms with van der Waals surface area (Å²) in [5.74, 6) is -0.864. The van der Waals surface area contributed by atoms with Crippen LogP contribution in [0.1, 0.15) is 329 Å². The standard InChI is InChI=1S/C63H116O6/c1-4-7-10-13-16-19-22-25-28-31-34-37-40-43-46-49-52-55-61(64)67-58-60(69-63(66)57-54-51-48-45-42-39-36-33-30-27-24-21-18-15-12-9-6-3)59-68-62(65)56-53-50-47-44-41-38-35-32-29-26-23-20-17-14-11-8-5-2/h16,19,25-26,28-29,60H,4-15,17-18,20-24,27,30-59H2,1-3H3/b19-16-,28-25-,29-26-/t60-/m1/s1. The molecule has 0 aromatic rings. The Morgan fingerprint density at radius 3 is 0.841 bits per heavy atom. The number of hydrogen-bond acceptors (Lipinski definition) is 6. The van der Waals surface area contributed by atoms with Crippen molar-refractivity contribution in [2.75, 3.05) is 13.2 Å². The minimum absolute atomic E-state index is 0.0731. The van der Waals surface area contributed by atoms with Crippen molar-refractivity contribution >= 4 is 17.9 Å². The third-order valence-corrected chi connectivity index (χ3v) is 13.6. The van der Waals surface area contributed by atoms with E-state index in [0.29, 0.717) is 19.3 Å². The van der Waals surface area contributed by atoms with Crippen LogP contribution in [-0.2, 0) is 28.6 Å². The van der Waals surface area contributed by atoms with Crippen LogP contribution in [-0.4, -0.2) is 37.2 Å². The Morgan fingerprint density at radius 2 is 0.522 bits per heavy atom. The lowest BCUT2D eigenvalue weighted by molar-refractivity contribution is -0.167. The van der Waals surface area contributed by atoms with Gasteiger partial charge in [-0.25, -0.2) is 0 Å². The van der Waals surface area contributed by atoms with Gasteiger partial charge in [0.2, 0.25) is 0 Å². The topological polar surface area (TPSA) is 78.9 Å². The molecule has 0 N–H and O–H groups in total. The smallest absolute Gasteiger partial charge is 0.306 e. The van der Waals surface area contributed by atoms with Gasteiger partial charge in [0.25, 0.3) is 0 Å². The number of rotatable bonds is 56. The molecule has 0 fully saturated rings. The maximum Gasteiger partial charge on any atom is 0.306 e. The maximum absolute atomic E-state index is 12.9. The molecule has 0 saturated carbocycles. The normalized spacial score (nSPS) is 12.2. The van der Waals surface area contributed by atoms with Crippen LogP contribution in [0.3, 0.4) is 0 Å². The Labute approximate surface area is 429 Å². The Hall–Kier alpha value is -2.37. The highest BCUT2D eigenvalue weighted by Crippen LogP contribution is 2.17. The molecule has 0 radical (unpaired) electrons. The van der Waals surface area contributed by atoms with E-state index in [4.69, 9.17) is 14.2 Å². The lowest BCUT2D eigenvalue weighted by Gasteiger charge is -2.18. The molecule has 6 nitrogen and oxygen atoms in total. The predicted octanol–water partition coefficient (Wildman–Crippen LogP) is 20.4. The molecule has 0 aliphatic rings. The molecule has 0 rings (SSSR count). The molecule has 404 valence electrons. The Balaban J connectivity index is 4.35. The number of unbranched alkanes of at least 4 members (excludes halogenated alkanes) is 39. The second-order valence-electron chi connectivity index (χ2n) is 20.6. The van der Waals surface area contributed by atoms with Crippen LogP contribution in [0.25, 0.3) is 0 Å². The van der Waals surface area contributed by atoms with Crippen molar-refractivity contribution < 1.29 is 28.6 Å².